The van der Waals surface area contributed by atoms with Gasteiger partial charge in [0.2, 0.25) is 0 Å². The molecule has 0 unspecified atom stereocenters. The summed E-state index contributed by atoms with van der Waals surface area (Å²) in [5, 5.41) is 4.16. The summed E-state index contributed by atoms with van der Waals surface area (Å²) in [6.07, 6.45) is 3.25. The zero-order chi connectivity index (χ0) is 12.8. The quantitative estimate of drug-likeness (QED) is 0.889. The molecule has 0 atom stereocenters. The highest BCUT2D eigenvalue weighted by Crippen LogP contribution is 2.41. The first-order valence-electron chi connectivity index (χ1n) is 5.79. The van der Waals surface area contributed by atoms with Gasteiger partial charge in [-0.1, -0.05) is 29.3 Å². The maximum absolute atomic E-state index is 6.27. The smallest absolute Gasteiger partial charge is 0.113 e. The van der Waals surface area contributed by atoms with E-state index in [0.29, 0.717) is 10.0 Å². The molecule has 18 heavy (non-hydrogen) atoms. The summed E-state index contributed by atoms with van der Waals surface area (Å²) in [5.74, 6) is 0. The number of hydrogen-bond acceptors (Lipinski definition) is 3. The minimum absolute atomic E-state index is 0.195. The van der Waals surface area contributed by atoms with Crippen LogP contribution in [0.1, 0.15) is 24.3 Å². The van der Waals surface area contributed by atoms with E-state index in [9.17, 15) is 0 Å². The molecule has 0 aliphatic heterocycles. The van der Waals surface area contributed by atoms with Gasteiger partial charge in [0.15, 0.2) is 0 Å². The van der Waals surface area contributed by atoms with E-state index in [1.165, 1.54) is 6.42 Å². The molecule has 1 fully saturated rings. The second-order valence-electron chi connectivity index (χ2n) is 4.68. The van der Waals surface area contributed by atoms with E-state index in [1.54, 1.807) is 17.4 Å². The van der Waals surface area contributed by atoms with Crippen LogP contribution in [0.15, 0.2) is 23.6 Å². The van der Waals surface area contributed by atoms with Crippen molar-refractivity contribution in [1.29, 1.82) is 0 Å². The van der Waals surface area contributed by atoms with Crippen molar-refractivity contribution >= 4 is 34.5 Å². The van der Waals surface area contributed by atoms with Crippen LogP contribution < -0.4 is 5.73 Å². The van der Waals surface area contributed by atoms with Crippen molar-refractivity contribution in [2.45, 2.75) is 24.8 Å². The Balaban J connectivity index is 1.95. The third-order valence-electron chi connectivity index (χ3n) is 3.39. The molecule has 1 aromatic heterocycles. The van der Waals surface area contributed by atoms with Gasteiger partial charge in [-0.05, 0) is 31.4 Å². The third kappa shape index (κ3) is 2.05. The first-order valence-corrected chi connectivity index (χ1v) is 7.42. The molecule has 1 saturated carbocycles. The van der Waals surface area contributed by atoms with E-state index in [0.717, 1.165) is 29.1 Å². The number of thiazole rings is 1. The fraction of sp³-hybridized carbons (Fsp3) is 0.308. The molecule has 2 aromatic rings. The maximum atomic E-state index is 6.27. The molecule has 3 rings (SSSR count). The predicted molar refractivity (Wildman–Crippen MR) is 77.3 cm³/mol. The minimum Gasteiger partial charge on any atom is -0.319 e. The van der Waals surface area contributed by atoms with Gasteiger partial charge in [-0.15, -0.1) is 11.3 Å². The summed E-state index contributed by atoms with van der Waals surface area (Å²) >= 11 is 13.6. The van der Waals surface area contributed by atoms with Crippen LogP contribution in [0, 0.1) is 0 Å². The molecule has 0 bridgehead atoms. The topological polar surface area (TPSA) is 38.9 Å². The van der Waals surface area contributed by atoms with Crippen molar-refractivity contribution < 1.29 is 0 Å². The van der Waals surface area contributed by atoms with Gasteiger partial charge in [0.05, 0.1) is 21.3 Å². The first kappa shape index (κ1) is 12.4. The molecule has 1 aliphatic carbocycles. The molecule has 1 heterocycles. The Morgan fingerprint density at radius 3 is 2.61 bits per heavy atom. The van der Waals surface area contributed by atoms with E-state index in [1.807, 2.05) is 17.5 Å². The van der Waals surface area contributed by atoms with Crippen molar-refractivity contribution in [1.82, 2.24) is 4.98 Å². The molecule has 2 nitrogen and oxygen atoms in total. The summed E-state index contributed by atoms with van der Waals surface area (Å²) in [4.78, 5) is 4.64. The van der Waals surface area contributed by atoms with Gasteiger partial charge in [0.1, 0.15) is 5.01 Å². The second kappa shape index (κ2) is 4.49. The molecule has 5 heteroatoms. The Morgan fingerprint density at radius 1 is 1.22 bits per heavy atom. The van der Waals surface area contributed by atoms with E-state index >= 15 is 0 Å². The Kier molecular flexibility index (Phi) is 3.10. The van der Waals surface area contributed by atoms with Crippen LogP contribution in [0.25, 0.3) is 11.3 Å². The Labute approximate surface area is 120 Å². The van der Waals surface area contributed by atoms with Crippen LogP contribution in [0.3, 0.4) is 0 Å². The van der Waals surface area contributed by atoms with Gasteiger partial charge >= 0.3 is 0 Å². The van der Waals surface area contributed by atoms with Gasteiger partial charge in [-0.3, -0.25) is 0 Å². The van der Waals surface area contributed by atoms with E-state index in [-0.39, 0.29) is 5.54 Å². The van der Waals surface area contributed by atoms with Crippen LogP contribution >= 0.6 is 34.5 Å². The molecule has 0 amide bonds. The number of benzene rings is 1. The standard InChI is InChI=1S/C13H12Cl2N2S/c14-9-3-2-8(6-10(9)15)11-7-18-12(17-11)13(16)4-1-5-13/h2-3,6-7H,1,4-5,16H2. The minimum atomic E-state index is -0.195. The Morgan fingerprint density at radius 2 is 2.00 bits per heavy atom. The maximum Gasteiger partial charge on any atom is 0.113 e. The van der Waals surface area contributed by atoms with E-state index in [2.05, 4.69) is 4.98 Å². The molecule has 0 saturated heterocycles. The van der Waals surface area contributed by atoms with Gasteiger partial charge in [-0.2, -0.15) is 0 Å². The largest absolute Gasteiger partial charge is 0.319 e. The highest BCUT2D eigenvalue weighted by Gasteiger charge is 2.37. The van der Waals surface area contributed by atoms with Crippen molar-refractivity contribution in [3.8, 4) is 11.3 Å². The van der Waals surface area contributed by atoms with Crippen LogP contribution in [0.4, 0.5) is 0 Å². The van der Waals surface area contributed by atoms with Crippen molar-refractivity contribution in [3.63, 3.8) is 0 Å². The molecular weight excluding hydrogens is 287 g/mol. The lowest BCUT2D eigenvalue weighted by Gasteiger charge is -2.35. The number of rotatable bonds is 2. The number of nitrogens with two attached hydrogens (primary N) is 1. The number of nitrogens with zero attached hydrogens (tertiary/aromatic N) is 1. The summed E-state index contributed by atoms with van der Waals surface area (Å²) < 4.78 is 0. The SMILES string of the molecule is NC1(c2nc(-c3ccc(Cl)c(Cl)c3)cs2)CCC1. The zero-order valence-electron chi connectivity index (χ0n) is 9.62. The molecule has 94 valence electrons. The number of aromatic nitrogens is 1. The Bertz CT molecular complexity index is 590. The van der Waals surface area contributed by atoms with Crippen LogP contribution in [0.5, 0.6) is 0 Å². The second-order valence-corrected chi connectivity index (χ2v) is 6.35. The summed E-state index contributed by atoms with van der Waals surface area (Å²) in [6.45, 7) is 0. The average molecular weight is 299 g/mol. The Hall–Kier alpha value is -0.610. The number of halogens is 2. The van der Waals surface area contributed by atoms with E-state index in [4.69, 9.17) is 28.9 Å². The molecule has 0 radical (unpaired) electrons. The zero-order valence-corrected chi connectivity index (χ0v) is 11.9. The molecule has 0 spiro atoms. The van der Waals surface area contributed by atoms with Gasteiger partial charge in [0, 0.05) is 10.9 Å². The highest BCUT2D eigenvalue weighted by atomic mass is 35.5. The third-order valence-corrected chi connectivity index (χ3v) is 5.19. The monoisotopic (exact) mass is 298 g/mol. The van der Waals surface area contributed by atoms with Gasteiger partial charge in [-0.25, -0.2) is 4.98 Å². The van der Waals surface area contributed by atoms with Crippen LogP contribution in [0.2, 0.25) is 10.0 Å². The van der Waals surface area contributed by atoms with Crippen LogP contribution in [-0.2, 0) is 5.54 Å². The first-order chi connectivity index (χ1) is 8.58. The normalized spacial score (nSPS) is 17.5. The highest BCUT2D eigenvalue weighted by molar-refractivity contribution is 7.10. The summed E-state index contributed by atoms with van der Waals surface area (Å²) in [5.41, 5.74) is 7.98. The lowest BCUT2D eigenvalue weighted by molar-refractivity contribution is 0.253. The van der Waals surface area contributed by atoms with Gasteiger partial charge < -0.3 is 5.73 Å². The molecule has 1 aromatic carbocycles. The fourth-order valence-corrected chi connectivity index (χ4v) is 3.36. The molecule has 2 N–H and O–H groups in total. The fourth-order valence-electron chi connectivity index (χ4n) is 2.06. The van der Waals surface area contributed by atoms with Gasteiger partial charge in [0.25, 0.3) is 0 Å². The lowest BCUT2D eigenvalue weighted by Crippen LogP contribution is -2.43. The van der Waals surface area contributed by atoms with Crippen LogP contribution in [-0.4, -0.2) is 4.98 Å². The average Bonchev–Trinajstić information content (AvgIpc) is 2.79. The van der Waals surface area contributed by atoms with Crippen molar-refractivity contribution in [3.05, 3.63) is 38.6 Å². The predicted octanol–water partition coefficient (Wildman–Crippen LogP) is 4.45. The lowest BCUT2D eigenvalue weighted by atomic mass is 9.78. The summed E-state index contributed by atoms with van der Waals surface area (Å²) in [6, 6.07) is 5.56. The van der Waals surface area contributed by atoms with Crippen molar-refractivity contribution in [2.75, 3.05) is 0 Å². The van der Waals surface area contributed by atoms with Crippen molar-refractivity contribution in [2.24, 2.45) is 5.73 Å². The van der Waals surface area contributed by atoms with E-state index < -0.39 is 0 Å². The molecular formula is C13H12Cl2N2S. The molecule has 1 aliphatic rings. The summed E-state index contributed by atoms with van der Waals surface area (Å²) in [7, 11) is 0. The number of hydrogen-bond donors (Lipinski definition) is 1.